The molecule has 1 saturated carbocycles. The molecule has 1 aliphatic heterocycles. The number of allylic oxidation sites excluding steroid dienone is 2. The fraction of sp³-hybridized carbons (Fsp3) is 0.538. The van der Waals surface area contributed by atoms with Crippen molar-refractivity contribution in [2.24, 2.45) is 17.8 Å². The fourth-order valence-corrected chi connectivity index (χ4v) is 5.63. The number of hydrogen-bond donors (Lipinski definition) is 0. The molecule has 3 heteroatoms. The topological polar surface area (TPSA) is 37.4 Å². The van der Waals surface area contributed by atoms with Crippen LogP contribution in [0.2, 0.25) is 0 Å². The zero-order valence-corrected chi connectivity index (χ0v) is 17.8. The molecule has 1 saturated heterocycles. The van der Waals surface area contributed by atoms with Gasteiger partial charge in [0.25, 0.3) is 0 Å². The highest BCUT2D eigenvalue weighted by Gasteiger charge is 2.38. The van der Waals surface area contributed by atoms with Crippen LogP contribution >= 0.6 is 0 Å². The average Bonchev–Trinajstić information content (AvgIpc) is 2.93. The molecule has 1 aromatic rings. The van der Waals surface area contributed by atoms with Gasteiger partial charge >= 0.3 is 0 Å². The Bertz CT molecular complexity index is 830. The van der Waals surface area contributed by atoms with E-state index in [2.05, 4.69) is 43.8 Å². The molecule has 3 atom stereocenters. The zero-order chi connectivity index (χ0) is 20.5. The van der Waals surface area contributed by atoms with Crippen LogP contribution in [0.1, 0.15) is 63.9 Å². The second-order valence-corrected chi connectivity index (χ2v) is 9.34. The highest BCUT2D eigenvalue weighted by atomic mass is 16.2. The van der Waals surface area contributed by atoms with Crippen LogP contribution in [0.15, 0.2) is 53.6 Å². The van der Waals surface area contributed by atoms with Gasteiger partial charge in [-0.25, -0.2) is 0 Å². The molecule has 154 valence electrons. The highest BCUT2D eigenvalue weighted by Crippen LogP contribution is 2.45. The Hall–Kier alpha value is -2.16. The minimum Gasteiger partial charge on any atom is -0.339 e. The number of piperidine rings is 1. The molecule has 4 rings (SSSR count). The summed E-state index contributed by atoms with van der Waals surface area (Å²) in [5.41, 5.74) is 4.41. The summed E-state index contributed by atoms with van der Waals surface area (Å²) in [6, 6.07) is 10.6. The Balaban J connectivity index is 1.41. The minimum atomic E-state index is 0.134. The second kappa shape index (κ2) is 8.30. The van der Waals surface area contributed by atoms with Crippen LogP contribution in [0.5, 0.6) is 0 Å². The van der Waals surface area contributed by atoms with Gasteiger partial charge in [-0.1, -0.05) is 49.4 Å². The van der Waals surface area contributed by atoms with Crippen molar-refractivity contribution in [3.8, 4) is 0 Å². The van der Waals surface area contributed by atoms with Gasteiger partial charge in [0.1, 0.15) is 0 Å². The summed E-state index contributed by atoms with van der Waals surface area (Å²) in [5, 5.41) is 0. The van der Waals surface area contributed by atoms with E-state index in [9.17, 15) is 9.59 Å². The number of ketones is 1. The molecule has 2 aliphatic carbocycles. The second-order valence-electron chi connectivity index (χ2n) is 9.34. The molecule has 2 fully saturated rings. The highest BCUT2D eigenvalue weighted by molar-refractivity contribution is 5.99. The van der Waals surface area contributed by atoms with Crippen molar-refractivity contribution in [3.63, 3.8) is 0 Å². The van der Waals surface area contributed by atoms with Crippen molar-refractivity contribution in [2.45, 2.75) is 58.3 Å². The van der Waals surface area contributed by atoms with Crippen LogP contribution in [0.25, 0.3) is 0 Å². The van der Waals surface area contributed by atoms with Gasteiger partial charge in [0, 0.05) is 25.1 Å². The Morgan fingerprint density at radius 1 is 1.03 bits per heavy atom. The van der Waals surface area contributed by atoms with Gasteiger partial charge in [-0.15, -0.1) is 0 Å². The smallest absolute Gasteiger partial charge is 0.249 e. The van der Waals surface area contributed by atoms with Crippen LogP contribution in [-0.2, 0) is 9.59 Å². The van der Waals surface area contributed by atoms with Gasteiger partial charge in [-0.05, 0) is 73.8 Å². The van der Waals surface area contributed by atoms with Gasteiger partial charge in [0.05, 0.1) is 0 Å². The number of nitrogens with zero attached hydrogens (tertiary/aromatic N) is 1. The molecule has 0 spiro atoms. The lowest BCUT2D eigenvalue weighted by Crippen LogP contribution is -2.39. The van der Waals surface area contributed by atoms with Gasteiger partial charge in [0.15, 0.2) is 5.78 Å². The first kappa shape index (κ1) is 20.1. The summed E-state index contributed by atoms with van der Waals surface area (Å²) >= 11 is 0. The molecule has 3 aliphatic rings. The molecule has 1 amide bonds. The molecular formula is C26H33NO2. The van der Waals surface area contributed by atoms with Crippen molar-refractivity contribution >= 4 is 11.7 Å². The molecule has 0 unspecified atom stereocenters. The van der Waals surface area contributed by atoms with E-state index >= 15 is 0 Å². The SMILES string of the molecule is C=C(C(=O)N1CCC(c2ccccc2)CC1)[C@@H]1CC[C@H](C)[C@@H]2CC(=O)C(C)=C2C1. The zero-order valence-electron chi connectivity index (χ0n) is 17.8. The minimum absolute atomic E-state index is 0.134. The molecule has 0 radical (unpaired) electrons. The van der Waals surface area contributed by atoms with Gasteiger partial charge in [0.2, 0.25) is 5.91 Å². The summed E-state index contributed by atoms with van der Waals surface area (Å²) in [5.74, 6) is 2.06. The van der Waals surface area contributed by atoms with Crippen LogP contribution in [0.3, 0.4) is 0 Å². The average molecular weight is 392 g/mol. The standard InChI is InChI=1S/C26H33NO2/c1-17-9-10-22(15-24-19(3)25(28)16-23(17)24)18(2)26(29)27-13-11-21(12-14-27)20-7-5-4-6-8-20/h4-8,17,21-23H,2,9-16H2,1,3H3/t17-,22+,23-/m0/s1. The number of Topliss-reactive ketones (excluding diaryl/α,β-unsaturated/α-hetero) is 1. The molecule has 29 heavy (non-hydrogen) atoms. The van der Waals surface area contributed by atoms with E-state index < -0.39 is 0 Å². The lowest BCUT2D eigenvalue weighted by atomic mass is 9.85. The largest absolute Gasteiger partial charge is 0.339 e. The van der Waals surface area contributed by atoms with Crippen LogP contribution in [0, 0.1) is 17.8 Å². The van der Waals surface area contributed by atoms with Crippen molar-refractivity contribution in [1.82, 2.24) is 4.90 Å². The number of hydrogen-bond acceptors (Lipinski definition) is 2. The van der Waals surface area contributed by atoms with Gasteiger partial charge < -0.3 is 4.90 Å². The van der Waals surface area contributed by atoms with Gasteiger partial charge in [-0.3, -0.25) is 9.59 Å². The molecule has 0 N–H and O–H groups in total. The van der Waals surface area contributed by atoms with Crippen LogP contribution < -0.4 is 0 Å². The molecule has 3 nitrogen and oxygen atoms in total. The number of rotatable bonds is 3. The molecular weight excluding hydrogens is 358 g/mol. The maximum Gasteiger partial charge on any atom is 0.249 e. The Labute approximate surface area is 174 Å². The maximum atomic E-state index is 13.2. The first-order chi connectivity index (χ1) is 14.0. The third-order valence-electron chi connectivity index (χ3n) is 7.70. The van der Waals surface area contributed by atoms with E-state index in [1.807, 2.05) is 11.8 Å². The molecule has 0 bridgehead atoms. The normalized spacial score (nSPS) is 28.3. The predicted octanol–water partition coefficient (Wildman–Crippen LogP) is 5.29. The number of amides is 1. The molecule has 1 aromatic carbocycles. The lowest BCUT2D eigenvalue weighted by Gasteiger charge is -2.34. The van der Waals surface area contributed by atoms with E-state index in [-0.39, 0.29) is 11.8 Å². The summed E-state index contributed by atoms with van der Waals surface area (Å²) < 4.78 is 0. The Morgan fingerprint density at radius 3 is 2.41 bits per heavy atom. The summed E-state index contributed by atoms with van der Waals surface area (Å²) in [7, 11) is 0. The number of benzene rings is 1. The summed E-state index contributed by atoms with van der Waals surface area (Å²) in [6.45, 7) is 10.1. The van der Waals surface area contributed by atoms with Crippen molar-refractivity contribution < 1.29 is 9.59 Å². The fourth-order valence-electron chi connectivity index (χ4n) is 5.63. The predicted molar refractivity (Wildman–Crippen MR) is 116 cm³/mol. The van der Waals surface area contributed by atoms with Crippen LogP contribution in [-0.4, -0.2) is 29.7 Å². The first-order valence-corrected chi connectivity index (χ1v) is 11.2. The molecule has 0 aromatic heterocycles. The summed E-state index contributed by atoms with van der Waals surface area (Å²) in [6.07, 6.45) is 5.63. The quantitative estimate of drug-likeness (QED) is 0.657. The van der Waals surface area contributed by atoms with E-state index in [1.165, 1.54) is 11.1 Å². The number of fused-ring (bicyclic) bond motifs is 1. The number of likely N-dealkylation sites (tertiary alicyclic amines) is 1. The van der Waals surface area contributed by atoms with E-state index in [0.29, 0.717) is 30.0 Å². The van der Waals surface area contributed by atoms with Gasteiger partial charge in [-0.2, -0.15) is 0 Å². The monoisotopic (exact) mass is 391 g/mol. The van der Waals surface area contributed by atoms with Crippen molar-refractivity contribution in [1.29, 1.82) is 0 Å². The van der Waals surface area contributed by atoms with E-state index in [0.717, 1.165) is 56.3 Å². The van der Waals surface area contributed by atoms with Crippen LogP contribution in [0.4, 0.5) is 0 Å². The lowest BCUT2D eigenvalue weighted by molar-refractivity contribution is -0.128. The number of carbonyl (C=O) groups is 2. The maximum absolute atomic E-state index is 13.2. The third kappa shape index (κ3) is 3.97. The molecule has 1 heterocycles. The Morgan fingerprint density at radius 2 is 1.72 bits per heavy atom. The third-order valence-corrected chi connectivity index (χ3v) is 7.70. The first-order valence-electron chi connectivity index (χ1n) is 11.2. The summed E-state index contributed by atoms with van der Waals surface area (Å²) in [4.78, 5) is 27.5. The van der Waals surface area contributed by atoms with E-state index in [1.54, 1.807) is 0 Å². The number of carbonyl (C=O) groups excluding carboxylic acids is 2. The van der Waals surface area contributed by atoms with Crippen molar-refractivity contribution in [2.75, 3.05) is 13.1 Å². The van der Waals surface area contributed by atoms with E-state index in [4.69, 9.17) is 0 Å². The van der Waals surface area contributed by atoms with Crippen molar-refractivity contribution in [3.05, 3.63) is 59.2 Å². The Kier molecular flexibility index (Phi) is 5.76.